The average Bonchev–Trinajstić information content (AvgIpc) is 3.62. The van der Waals surface area contributed by atoms with Crippen LogP contribution in [0, 0.1) is 5.41 Å². The molecule has 2 saturated carbocycles. The van der Waals surface area contributed by atoms with E-state index in [-0.39, 0.29) is 30.2 Å². The lowest BCUT2D eigenvalue weighted by molar-refractivity contribution is 0.101. The van der Waals surface area contributed by atoms with Gasteiger partial charge in [0, 0.05) is 25.8 Å². The number of hydrogen-bond acceptors (Lipinski definition) is 9. The number of pyridine rings is 2. The molecule has 3 aliphatic rings. The Morgan fingerprint density at radius 2 is 2.06 bits per heavy atom. The minimum absolute atomic E-state index is 0.0274. The van der Waals surface area contributed by atoms with Gasteiger partial charge in [-0.05, 0) is 80.5 Å². The molecule has 9 nitrogen and oxygen atoms in total. The van der Waals surface area contributed by atoms with Crippen LogP contribution in [0.2, 0.25) is 0 Å². The van der Waals surface area contributed by atoms with Crippen LogP contribution >= 0.6 is 11.9 Å². The Labute approximate surface area is 214 Å². The molecule has 0 atom stereocenters. The van der Waals surface area contributed by atoms with Gasteiger partial charge in [-0.15, -0.1) is 0 Å². The molecule has 5 rings (SSSR count). The maximum Gasteiger partial charge on any atom is 0.260 e. The first-order chi connectivity index (χ1) is 17.6. The summed E-state index contributed by atoms with van der Waals surface area (Å²) in [6, 6.07) is 5.05. The van der Waals surface area contributed by atoms with Crippen molar-refractivity contribution >= 4 is 29.4 Å². The minimum atomic E-state index is -0.988. The first-order valence-corrected chi connectivity index (χ1v) is 13.3. The molecule has 1 amide bonds. The van der Waals surface area contributed by atoms with Gasteiger partial charge >= 0.3 is 0 Å². The second-order valence-electron chi connectivity index (χ2n) is 9.62. The van der Waals surface area contributed by atoms with E-state index in [0.717, 1.165) is 55.9 Å². The molecule has 2 aliphatic carbocycles. The summed E-state index contributed by atoms with van der Waals surface area (Å²) >= 11 is 1.33. The summed E-state index contributed by atoms with van der Waals surface area (Å²) in [6.45, 7) is 1.27. The van der Waals surface area contributed by atoms with Crippen molar-refractivity contribution in [2.24, 2.45) is 5.41 Å². The second kappa shape index (κ2) is 11.2. The molecule has 0 aromatic carbocycles. The molecule has 3 fully saturated rings. The second-order valence-corrected chi connectivity index (χ2v) is 10.5. The van der Waals surface area contributed by atoms with Crippen LogP contribution in [0.15, 0.2) is 29.4 Å². The Morgan fingerprint density at radius 3 is 2.72 bits per heavy atom. The molecule has 194 valence electrons. The number of aliphatic hydroxyl groups is 1. The number of halogens is 1. The molecular weight excluding hydrogens is 485 g/mol. The van der Waals surface area contributed by atoms with E-state index >= 15 is 0 Å². The Balaban J connectivity index is 1.35. The van der Waals surface area contributed by atoms with Crippen LogP contribution < -0.4 is 24.4 Å². The van der Waals surface area contributed by atoms with Crippen molar-refractivity contribution in [2.45, 2.75) is 56.1 Å². The predicted octanol–water partition coefficient (Wildman–Crippen LogP) is 3.94. The molecule has 0 bridgehead atoms. The number of anilines is 2. The summed E-state index contributed by atoms with van der Waals surface area (Å²) in [5.74, 6) is 0.361. The van der Waals surface area contributed by atoms with Gasteiger partial charge < -0.3 is 24.8 Å². The molecule has 0 radical (unpaired) electrons. The van der Waals surface area contributed by atoms with Crippen molar-refractivity contribution in [3.8, 4) is 11.6 Å². The lowest BCUT2D eigenvalue weighted by atomic mass is 9.93. The van der Waals surface area contributed by atoms with Crippen LogP contribution in [0.3, 0.4) is 0 Å². The van der Waals surface area contributed by atoms with E-state index in [2.05, 4.69) is 24.9 Å². The fraction of sp³-hybridized carbons (Fsp3) is 0.560. The third-order valence-corrected chi connectivity index (χ3v) is 8.00. The van der Waals surface area contributed by atoms with E-state index in [1.54, 1.807) is 18.3 Å². The summed E-state index contributed by atoms with van der Waals surface area (Å²) in [6.07, 6.45) is 9.38. The van der Waals surface area contributed by atoms with E-state index < -0.39 is 6.86 Å². The Hall–Kier alpha value is -2.63. The zero-order valence-corrected chi connectivity index (χ0v) is 21.0. The number of nitrogens with one attached hydrogen (secondary N) is 2. The SMILES string of the molecule is O=C(Nc1ccc(OCF)c(OC2CCC2)n1)c1cnc(SNCCO)cc1N1CCC2(CC1)CC2. The highest BCUT2D eigenvalue weighted by atomic mass is 32.2. The number of alkyl halides is 1. The normalized spacial score (nSPS) is 18.6. The lowest BCUT2D eigenvalue weighted by Gasteiger charge is -2.34. The summed E-state index contributed by atoms with van der Waals surface area (Å²) < 4.78 is 26.8. The number of carbonyl (C=O) groups is 1. The molecular formula is C25H32FN5O4S. The molecule has 0 unspecified atom stereocenters. The number of ether oxygens (including phenoxy) is 2. The first kappa shape index (κ1) is 25.0. The standard InChI is InChI=1S/C25H32FN5O4S/c26-16-34-20-4-5-21(30-24(20)35-17-2-1-3-17)29-23(33)18-15-27-22(36-28-10-13-32)14-19(18)31-11-8-25(6-7-25)9-12-31/h4-5,14-15,17,28,32H,1-3,6-13,16H2,(H,29,30,33). The molecule has 2 aromatic rings. The number of hydrogen-bond donors (Lipinski definition) is 3. The van der Waals surface area contributed by atoms with Crippen molar-refractivity contribution in [1.29, 1.82) is 0 Å². The minimum Gasteiger partial charge on any atom is -0.472 e. The zero-order valence-electron chi connectivity index (χ0n) is 20.2. The highest BCUT2D eigenvalue weighted by Gasteiger charge is 2.44. The van der Waals surface area contributed by atoms with Crippen LogP contribution in [0.5, 0.6) is 11.6 Å². The van der Waals surface area contributed by atoms with Gasteiger partial charge in [0.2, 0.25) is 6.86 Å². The molecule has 11 heteroatoms. The molecule has 3 heterocycles. The van der Waals surface area contributed by atoms with Crippen molar-refractivity contribution in [2.75, 3.05) is 43.3 Å². The van der Waals surface area contributed by atoms with Crippen LogP contribution in [-0.2, 0) is 0 Å². The van der Waals surface area contributed by atoms with Gasteiger partial charge in [0.05, 0.1) is 17.9 Å². The van der Waals surface area contributed by atoms with E-state index in [9.17, 15) is 9.18 Å². The molecule has 3 N–H and O–H groups in total. The summed E-state index contributed by atoms with van der Waals surface area (Å²) in [7, 11) is 0. The maximum absolute atomic E-state index is 13.4. The van der Waals surface area contributed by atoms with Crippen LogP contribution in [0.1, 0.15) is 55.3 Å². The molecule has 1 spiro atoms. The third-order valence-electron chi connectivity index (χ3n) is 7.22. The summed E-state index contributed by atoms with van der Waals surface area (Å²) in [5, 5.41) is 12.6. The highest BCUT2D eigenvalue weighted by molar-refractivity contribution is 7.97. The summed E-state index contributed by atoms with van der Waals surface area (Å²) in [4.78, 5) is 24.5. The topological polar surface area (TPSA) is 109 Å². The highest BCUT2D eigenvalue weighted by Crippen LogP contribution is 2.54. The van der Waals surface area contributed by atoms with E-state index in [4.69, 9.17) is 14.6 Å². The smallest absolute Gasteiger partial charge is 0.260 e. The molecule has 1 aliphatic heterocycles. The molecule has 2 aromatic heterocycles. The van der Waals surface area contributed by atoms with Crippen molar-refractivity contribution in [3.05, 3.63) is 30.0 Å². The molecule has 1 saturated heterocycles. The number of carbonyl (C=O) groups excluding carboxylic acids is 1. The van der Waals surface area contributed by atoms with Gasteiger partial charge in [-0.1, -0.05) is 0 Å². The Kier molecular flexibility index (Phi) is 7.78. The van der Waals surface area contributed by atoms with Gasteiger partial charge in [0.15, 0.2) is 5.75 Å². The van der Waals surface area contributed by atoms with Crippen molar-refractivity contribution in [3.63, 3.8) is 0 Å². The van der Waals surface area contributed by atoms with Crippen molar-refractivity contribution in [1.82, 2.24) is 14.7 Å². The number of aromatic nitrogens is 2. The van der Waals surface area contributed by atoms with Gasteiger partial charge in [-0.2, -0.15) is 4.98 Å². The third kappa shape index (κ3) is 5.84. The lowest BCUT2D eigenvalue weighted by Crippen LogP contribution is -2.36. The van der Waals surface area contributed by atoms with Crippen molar-refractivity contribution < 1.29 is 23.8 Å². The Bertz CT molecular complexity index is 1070. The fourth-order valence-corrected chi connectivity index (χ4v) is 5.19. The molecule has 36 heavy (non-hydrogen) atoms. The van der Waals surface area contributed by atoms with Gasteiger partial charge in [0.25, 0.3) is 11.8 Å². The quantitative estimate of drug-likeness (QED) is 0.302. The number of piperidine rings is 1. The van der Waals surface area contributed by atoms with E-state index in [1.165, 1.54) is 24.8 Å². The van der Waals surface area contributed by atoms with E-state index in [1.807, 2.05) is 6.07 Å². The average molecular weight is 518 g/mol. The predicted molar refractivity (Wildman–Crippen MR) is 135 cm³/mol. The maximum atomic E-state index is 13.4. The Morgan fingerprint density at radius 1 is 1.25 bits per heavy atom. The van der Waals surface area contributed by atoms with E-state index in [0.29, 0.717) is 23.3 Å². The monoisotopic (exact) mass is 517 g/mol. The zero-order chi connectivity index (χ0) is 25.0. The van der Waals surface area contributed by atoms with Crippen LogP contribution in [-0.4, -0.2) is 60.2 Å². The number of aliphatic hydroxyl groups excluding tert-OH is 1. The van der Waals surface area contributed by atoms with Gasteiger partial charge in [-0.25, -0.2) is 9.37 Å². The number of amides is 1. The van der Waals surface area contributed by atoms with Crippen LogP contribution in [0.25, 0.3) is 0 Å². The largest absolute Gasteiger partial charge is 0.472 e. The number of nitrogens with zero attached hydrogens (tertiary/aromatic N) is 3. The fourth-order valence-electron chi connectivity index (χ4n) is 4.57. The van der Waals surface area contributed by atoms with Gasteiger partial charge in [-0.3, -0.25) is 9.52 Å². The van der Waals surface area contributed by atoms with Gasteiger partial charge in [0.1, 0.15) is 16.9 Å². The van der Waals surface area contributed by atoms with Crippen LogP contribution in [0.4, 0.5) is 15.9 Å². The first-order valence-electron chi connectivity index (χ1n) is 12.5. The number of rotatable bonds is 11. The summed E-state index contributed by atoms with van der Waals surface area (Å²) in [5.41, 5.74) is 1.80.